The van der Waals surface area contributed by atoms with Gasteiger partial charge in [0.25, 0.3) is 5.91 Å². The van der Waals surface area contributed by atoms with Crippen molar-refractivity contribution in [1.29, 1.82) is 5.26 Å². The van der Waals surface area contributed by atoms with Crippen LogP contribution in [0.5, 0.6) is 5.75 Å². The number of halogens is 1. The van der Waals surface area contributed by atoms with Crippen LogP contribution in [0.1, 0.15) is 30.0 Å². The van der Waals surface area contributed by atoms with E-state index in [9.17, 15) is 15.2 Å². The first-order chi connectivity index (χ1) is 14.3. The van der Waals surface area contributed by atoms with Gasteiger partial charge in [0, 0.05) is 21.7 Å². The Hall–Kier alpha value is -3.27. The summed E-state index contributed by atoms with van der Waals surface area (Å²) in [6.45, 7) is 3.93. The zero-order chi connectivity index (χ0) is 21.7. The van der Waals surface area contributed by atoms with Crippen molar-refractivity contribution in [2.75, 3.05) is 18.5 Å². The third-order valence-electron chi connectivity index (χ3n) is 4.36. The minimum atomic E-state index is -0.436. The fourth-order valence-corrected chi connectivity index (χ4v) is 2.69. The van der Waals surface area contributed by atoms with Gasteiger partial charge in [-0.1, -0.05) is 25.4 Å². The molecule has 0 aliphatic carbocycles. The largest absolute Gasteiger partial charge is 0.492 e. The second-order valence-electron chi connectivity index (χ2n) is 7.56. The molecule has 2 N–H and O–H groups in total. The molecular formula is C23H21ClN2O4. The Kier molecular flexibility index (Phi) is 6.46. The van der Waals surface area contributed by atoms with Crippen molar-refractivity contribution in [2.24, 2.45) is 5.41 Å². The molecule has 0 spiro atoms. The van der Waals surface area contributed by atoms with E-state index in [1.807, 2.05) is 13.8 Å². The Labute approximate surface area is 179 Å². The minimum Gasteiger partial charge on any atom is -0.492 e. The number of aliphatic hydroxyl groups excluding tert-OH is 1. The van der Waals surface area contributed by atoms with Crippen molar-refractivity contribution in [3.05, 3.63) is 70.9 Å². The second-order valence-corrected chi connectivity index (χ2v) is 8.00. The highest BCUT2D eigenvalue weighted by Gasteiger charge is 2.19. The molecule has 0 saturated heterocycles. The first kappa shape index (κ1) is 21.4. The highest BCUT2D eigenvalue weighted by atomic mass is 35.5. The number of nitrogens with one attached hydrogen (secondary N) is 1. The molecule has 3 aromatic rings. The SMILES string of the molecule is CC(C)(CO)COc1ccc(NC(=O)c2ccc(-c3ccc(Cl)cc3)o2)cc1C#N. The lowest BCUT2D eigenvalue weighted by molar-refractivity contribution is 0.0973. The van der Waals surface area contributed by atoms with Gasteiger partial charge in [0.15, 0.2) is 5.76 Å². The molecule has 7 heteroatoms. The van der Waals surface area contributed by atoms with Gasteiger partial charge in [-0.3, -0.25) is 4.79 Å². The number of hydrogen-bond acceptors (Lipinski definition) is 5. The first-order valence-electron chi connectivity index (χ1n) is 9.26. The molecule has 0 aliphatic rings. The van der Waals surface area contributed by atoms with E-state index in [0.717, 1.165) is 5.56 Å². The topological polar surface area (TPSA) is 95.5 Å². The van der Waals surface area contributed by atoms with E-state index in [0.29, 0.717) is 22.2 Å². The molecule has 30 heavy (non-hydrogen) atoms. The molecule has 0 unspecified atom stereocenters. The average Bonchev–Trinajstić information content (AvgIpc) is 3.23. The van der Waals surface area contributed by atoms with E-state index in [1.54, 1.807) is 48.5 Å². The van der Waals surface area contributed by atoms with E-state index >= 15 is 0 Å². The average molecular weight is 425 g/mol. The van der Waals surface area contributed by atoms with Gasteiger partial charge in [0.05, 0.1) is 18.8 Å². The molecule has 1 amide bonds. The Morgan fingerprint density at radius 1 is 1.20 bits per heavy atom. The number of hydrogen-bond donors (Lipinski definition) is 2. The third-order valence-corrected chi connectivity index (χ3v) is 4.61. The highest BCUT2D eigenvalue weighted by molar-refractivity contribution is 6.30. The number of benzene rings is 2. The quantitative estimate of drug-likeness (QED) is 0.548. The molecule has 2 aromatic carbocycles. The molecule has 0 fully saturated rings. The molecule has 154 valence electrons. The van der Waals surface area contributed by atoms with Gasteiger partial charge in [0.2, 0.25) is 0 Å². The summed E-state index contributed by atoms with van der Waals surface area (Å²) in [7, 11) is 0. The maximum atomic E-state index is 12.5. The summed E-state index contributed by atoms with van der Waals surface area (Å²) in [6, 6.07) is 17.2. The van der Waals surface area contributed by atoms with Crippen molar-refractivity contribution in [2.45, 2.75) is 13.8 Å². The van der Waals surface area contributed by atoms with Crippen LogP contribution in [0.15, 0.2) is 59.0 Å². The number of ether oxygens (including phenoxy) is 1. The number of rotatable bonds is 7. The van der Waals surface area contributed by atoms with Crippen LogP contribution < -0.4 is 10.1 Å². The Morgan fingerprint density at radius 2 is 1.93 bits per heavy atom. The monoisotopic (exact) mass is 424 g/mol. The van der Waals surface area contributed by atoms with E-state index in [-0.39, 0.29) is 24.5 Å². The maximum absolute atomic E-state index is 12.5. The fourth-order valence-electron chi connectivity index (χ4n) is 2.56. The molecule has 0 saturated carbocycles. The van der Waals surface area contributed by atoms with E-state index < -0.39 is 11.3 Å². The Bertz CT molecular complexity index is 1080. The summed E-state index contributed by atoms with van der Waals surface area (Å²) >= 11 is 5.89. The number of aliphatic hydroxyl groups is 1. The van der Waals surface area contributed by atoms with Crippen LogP contribution in [0.3, 0.4) is 0 Å². The van der Waals surface area contributed by atoms with Crippen LogP contribution in [-0.4, -0.2) is 24.2 Å². The predicted molar refractivity (Wildman–Crippen MR) is 115 cm³/mol. The van der Waals surface area contributed by atoms with Gasteiger partial charge in [-0.25, -0.2) is 0 Å². The molecule has 1 heterocycles. The van der Waals surface area contributed by atoms with E-state index in [1.165, 1.54) is 6.07 Å². The van der Waals surface area contributed by atoms with Gasteiger partial charge in [0.1, 0.15) is 17.6 Å². The number of amides is 1. The van der Waals surface area contributed by atoms with Crippen molar-refractivity contribution in [1.82, 2.24) is 0 Å². The lowest BCUT2D eigenvalue weighted by Crippen LogP contribution is -2.25. The van der Waals surface area contributed by atoms with Gasteiger partial charge in [-0.05, 0) is 54.6 Å². The second kappa shape index (κ2) is 9.04. The number of furan rings is 1. The number of carbonyl (C=O) groups is 1. The standard InChI is InChI=1S/C23H21ClN2O4/c1-23(2,13-27)14-29-19-8-7-18(11-16(19)12-25)26-22(28)21-10-9-20(30-21)15-3-5-17(24)6-4-15/h3-11,27H,13-14H2,1-2H3,(H,26,28). The van der Waals surface area contributed by atoms with Crippen molar-refractivity contribution in [3.63, 3.8) is 0 Å². The third kappa shape index (κ3) is 5.20. The molecular weight excluding hydrogens is 404 g/mol. The van der Waals surface area contributed by atoms with Gasteiger partial charge >= 0.3 is 0 Å². The predicted octanol–water partition coefficient (Wildman–Crippen LogP) is 5.12. The fraction of sp³-hybridized carbons (Fsp3) is 0.217. The highest BCUT2D eigenvalue weighted by Crippen LogP contribution is 2.27. The van der Waals surface area contributed by atoms with E-state index in [2.05, 4.69) is 11.4 Å². The van der Waals surface area contributed by atoms with E-state index in [4.69, 9.17) is 20.8 Å². The zero-order valence-corrected chi connectivity index (χ0v) is 17.4. The van der Waals surface area contributed by atoms with Crippen LogP contribution >= 0.6 is 11.6 Å². The van der Waals surface area contributed by atoms with Crippen LogP contribution in [-0.2, 0) is 0 Å². The lowest BCUT2D eigenvalue weighted by atomic mass is 9.96. The summed E-state index contributed by atoms with van der Waals surface area (Å²) in [5.74, 6) is 0.641. The van der Waals surface area contributed by atoms with Crippen LogP contribution in [0.25, 0.3) is 11.3 Å². The maximum Gasteiger partial charge on any atom is 0.291 e. The van der Waals surface area contributed by atoms with Gasteiger partial charge in [-0.2, -0.15) is 5.26 Å². The Morgan fingerprint density at radius 3 is 2.60 bits per heavy atom. The summed E-state index contributed by atoms with van der Waals surface area (Å²) in [5.41, 5.74) is 1.09. The molecule has 6 nitrogen and oxygen atoms in total. The molecule has 0 aliphatic heterocycles. The van der Waals surface area contributed by atoms with Crippen LogP contribution in [0.4, 0.5) is 5.69 Å². The van der Waals surface area contributed by atoms with Crippen LogP contribution in [0.2, 0.25) is 5.02 Å². The van der Waals surface area contributed by atoms with Gasteiger partial charge < -0.3 is 19.6 Å². The number of carbonyl (C=O) groups excluding carboxylic acids is 1. The summed E-state index contributed by atoms with van der Waals surface area (Å²) < 4.78 is 11.3. The number of nitriles is 1. The summed E-state index contributed by atoms with van der Waals surface area (Å²) in [4.78, 5) is 12.5. The smallest absolute Gasteiger partial charge is 0.291 e. The minimum absolute atomic E-state index is 0.0375. The normalized spacial score (nSPS) is 11.0. The molecule has 3 rings (SSSR count). The van der Waals surface area contributed by atoms with Crippen LogP contribution in [0, 0.1) is 16.7 Å². The molecule has 0 bridgehead atoms. The van der Waals surface area contributed by atoms with Crippen molar-refractivity contribution in [3.8, 4) is 23.1 Å². The van der Waals surface area contributed by atoms with Crippen molar-refractivity contribution >= 4 is 23.2 Å². The molecule has 0 atom stereocenters. The number of nitrogens with zero attached hydrogens (tertiary/aromatic N) is 1. The Balaban J connectivity index is 1.71. The number of anilines is 1. The molecule has 0 radical (unpaired) electrons. The van der Waals surface area contributed by atoms with Crippen molar-refractivity contribution < 1.29 is 19.1 Å². The van der Waals surface area contributed by atoms with Gasteiger partial charge in [-0.15, -0.1) is 0 Å². The molecule has 1 aromatic heterocycles. The first-order valence-corrected chi connectivity index (χ1v) is 9.64. The summed E-state index contributed by atoms with van der Waals surface area (Å²) in [5, 5.41) is 22.1. The zero-order valence-electron chi connectivity index (χ0n) is 16.6. The summed E-state index contributed by atoms with van der Waals surface area (Å²) in [6.07, 6.45) is 0. The lowest BCUT2D eigenvalue weighted by Gasteiger charge is -2.22.